The number of hydrogen-bond donors (Lipinski definition) is 3. The van der Waals surface area contributed by atoms with Crippen LogP contribution >= 0.6 is 23.8 Å². The van der Waals surface area contributed by atoms with Crippen molar-refractivity contribution in [2.75, 3.05) is 11.9 Å². The molecule has 0 bridgehead atoms. The third-order valence-electron chi connectivity index (χ3n) is 4.49. The van der Waals surface area contributed by atoms with E-state index in [1.165, 1.54) is 0 Å². The van der Waals surface area contributed by atoms with Crippen LogP contribution in [0.2, 0.25) is 5.02 Å². The summed E-state index contributed by atoms with van der Waals surface area (Å²) in [5.41, 5.74) is 2.95. The molecule has 5 nitrogen and oxygen atoms in total. The molecule has 3 N–H and O–H groups in total. The van der Waals surface area contributed by atoms with E-state index in [-0.39, 0.29) is 23.3 Å². The van der Waals surface area contributed by atoms with Gasteiger partial charge in [-0.25, -0.2) is 0 Å². The molecule has 0 atom stereocenters. The van der Waals surface area contributed by atoms with Gasteiger partial charge in [0.2, 0.25) is 5.91 Å². The van der Waals surface area contributed by atoms with Gasteiger partial charge < -0.3 is 16.0 Å². The number of thiocarbonyl (C=S) groups is 1. The molecular formula is C24H22ClN3O2S. The summed E-state index contributed by atoms with van der Waals surface area (Å²) in [6.07, 6.45) is 0.905. The van der Waals surface area contributed by atoms with Gasteiger partial charge in [-0.05, 0) is 54.0 Å². The fraction of sp³-hybridized carbons (Fsp3) is 0.125. The summed E-state index contributed by atoms with van der Waals surface area (Å²) >= 11 is 11.1. The molecule has 0 saturated heterocycles. The topological polar surface area (TPSA) is 70.2 Å². The maximum Gasteiger partial charge on any atom is 0.253 e. The van der Waals surface area contributed by atoms with Crippen molar-refractivity contribution in [3.8, 4) is 0 Å². The minimum absolute atomic E-state index is 0.128. The summed E-state index contributed by atoms with van der Waals surface area (Å²) in [5, 5.41) is 9.24. The normalized spacial score (nSPS) is 10.2. The Morgan fingerprint density at radius 2 is 1.52 bits per heavy atom. The number of carbonyl (C=O) groups is 2. The molecule has 158 valence electrons. The number of amides is 2. The van der Waals surface area contributed by atoms with Crippen molar-refractivity contribution in [2.24, 2.45) is 0 Å². The molecule has 0 aromatic heterocycles. The van der Waals surface area contributed by atoms with Crippen LogP contribution in [-0.4, -0.2) is 23.5 Å². The fourth-order valence-electron chi connectivity index (χ4n) is 2.96. The zero-order valence-corrected chi connectivity index (χ0v) is 18.3. The molecular weight excluding hydrogens is 430 g/mol. The summed E-state index contributed by atoms with van der Waals surface area (Å²) in [4.78, 5) is 24.9. The molecule has 0 radical (unpaired) electrons. The molecule has 0 fully saturated rings. The molecule has 0 spiro atoms. The average Bonchev–Trinajstić information content (AvgIpc) is 2.76. The number of anilines is 1. The van der Waals surface area contributed by atoms with E-state index in [0.717, 1.165) is 17.5 Å². The lowest BCUT2D eigenvalue weighted by molar-refractivity contribution is -0.119. The van der Waals surface area contributed by atoms with E-state index in [2.05, 4.69) is 16.0 Å². The van der Waals surface area contributed by atoms with Crippen LogP contribution < -0.4 is 16.0 Å². The zero-order chi connectivity index (χ0) is 22.1. The van der Waals surface area contributed by atoms with Gasteiger partial charge >= 0.3 is 0 Å². The van der Waals surface area contributed by atoms with Gasteiger partial charge in [-0.1, -0.05) is 66.2 Å². The van der Waals surface area contributed by atoms with Gasteiger partial charge in [0.05, 0.1) is 17.7 Å². The third-order valence-corrected chi connectivity index (χ3v) is 4.95. The highest BCUT2D eigenvalue weighted by Gasteiger charge is 2.13. The maximum absolute atomic E-state index is 12.6. The monoisotopic (exact) mass is 451 g/mol. The molecule has 3 rings (SSSR count). The van der Waals surface area contributed by atoms with Crippen molar-refractivity contribution in [3.05, 3.63) is 101 Å². The number of rotatable bonds is 7. The predicted molar refractivity (Wildman–Crippen MR) is 128 cm³/mol. The number of hydrogen-bond acceptors (Lipinski definition) is 3. The molecule has 31 heavy (non-hydrogen) atoms. The first-order valence-electron chi connectivity index (χ1n) is 9.77. The SMILES string of the molecule is O=C(Cc1ccc(Cl)cc1)NC(=S)Nc1ccccc1C(=O)NCCc1ccccc1. The van der Waals surface area contributed by atoms with Crippen molar-refractivity contribution in [3.63, 3.8) is 0 Å². The van der Waals surface area contributed by atoms with E-state index < -0.39 is 0 Å². The van der Waals surface area contributed by atoms with Crippen LogP contribution in [0.25, 0.3) is 0 Å². The second-order valence-electron chi connectivity index (χ2n) is 6.84. The Hall–Kier alpha value is -3.22. The molecule has 0 aliphatic rings. The Labute approximate surface area is 191 Å². The lowest BCUT2D eigenvalue weighted by atomic mass is 10.1. The molecule has 0 saturated carbocycles. The second-order valence-corrected chi connectivity index (χ2v) is 7.69. The molecule has 0 heterocycles. The van der Waals surface area contributed by atoms with E-state index in [1.54, 1.807) is 48.5 Å². The Balaban J connectivity index is 1.53. The fourth-order valence-corrected chi connectivity index (χ4v) is 3.31. The average molecular weight is 452 g/mol. The van der Waals surface area contributed by atoms with E-state index >= 15 is 0 Å². The minimum Gasteiger partial charge on any atom is -0.352 e. The van der Waals surface area contributed by atoms with Crippen LogP contribution in [0.3, 0.4) is 0 Å². The van der Waals surface area contributed by atoms with Crippen LogP contribution in [0.5, 0.6) is 0 Å². The van der Waals surface area contributed by atoms with Gasteiger partial charge in [-0.15, -0.1) is 0 Å². The third kappa shape index (κ3) is 7.20. The van der Waals surface area contributed by atoms with Gasteiger partial charge in [0.1, 0.15) is 0 Å². The quantitative estimate of drug-likeness (QED) is 0.466. The Morgan fingerprint density at radius 1 is 0.839 bits per heavy atom. The number of para-hydroxylation sites is 1. The summed E-state index contributed by atoms with van der Waals surface area (Å²) in [6.45, 7) is 0.513. The first-order valence-corrected chi connectivity index (χ1v) is 10.6. The maximum atomic E-state index is 12.6. The van der Waals surface area contributed by atoms with Crippen molar-refractivity contribution < 1.29 is 9.59 Å². The van der Waals surface area contributed by atoms with Crippen molar-refractivity contribution >= 4 is 46.4 Å². The highest BCUT2D eigenvalue weighted by atomic mass is 35.5. The highest BCUT2D eigenvalue weighted by Crippen LogP contribution is 2.15. The lowest BCUT2D eigenvalue weighted by Gasteiger charge is -2.14. The van der Waals surface area contributed by atoms with Crippen molar-refractivity contribution in [1.29, 1.82) is 0 Å². The van der Waals surface area contributed by atoms with Gasteiger partial charge in [-0.2, -0.15) is 0 Å². The van der Waals surface area contributed by atoms with Gasteiger partial charge in [-0.3, -0.25) is 9.59 Å². The van der Waals surface area contributed by atoms with Crippen molar-refractivity contribution in [2.45, 2.75) is 12.8 Å². The van der Waals surface area contributed by atoms with Crippen LogP contribution in [0.1, 0.15) is 21.5 Å². The molecule has 0 aliphatic heterocycles. The van der Waals surface area contributed by atoms with Crippen LogP contribution in [-0.2, 0) is 17.6 Å². The van der Waals surface area contributed by atoms with Gasteiger partial charge in [0.15, 0.2) is 5.11 Å². The van der Waals surface area contributed by atoms with E-state index in [1.807, 2.05) is 30.3 Å². The Bertz CT molecular complexity index is 1060. The molecule has 3 aromatic carbocycles. The summed E-state index contributed by atoms with van der Waals surface area (Å²) < 4.78 is 0. The minimum atomic E-state index is -0.260. The number of carbonyl (C=O) groups excluding carboxylic acids is 2. The number of nitrogens with one attached hydrogen (secondary N) is 3. The highest BCUT2D eigenvalue weighted by molar-refractivity contribution is 7.80. The van der Waals surface area contributed by atoms with Gasteiger partial charge in [0.25, 0.3) is 5.91 Å². The molecule has 0 unspecified atom stereocenters. The zero-order valence-electron chi connectivity index (χ0n) is 16.7. The molecule has 7 heteroatoms. The predicted octanol–water partition coefficient (Wildman–Crippen LogP) is 4.37. The molecule has 3 aromatic rings. The van der Waals surface area contributed by atoms with Crippen molar-refractivity contribution in [1.82, 2.24) is 10.6 Å². The summed E-state index contributed by atoms with van der Waals surface area (Å²) in [6, 6.07) is 24.0. The lowest BCUT2D eigenvalue weighted by Crippen LogP contribution is -2.36. The standard InChI is InChI=1S/C24H22ClN3O2S/c25-19-12-10-18(11-13-19)16-22(29)28-24(31)27-21-9-5-4-8-20(21)23(30)26-15-14-17-6-2-1-3-7-17/h1-13H,14-16H2,(H,26,30)(H2,27,28,29,31). The Morgan fingerprint density at radius 3 is 2.26 bits per heavy atom. The molecule has 0 aliphatic carbocycles. The van der Waals surface area contributed by atoms with Crippen LogP contribution in [0.4, 0.5) is 5.69 Å². The Kier molecular flexibility index (Phi) is 8.15. The van der Waals surface area contributed by atoms with Gasteiger partial charge in [0, 0.05) is 11.6 Å². The number of halogens is 1. The van der Waals surface area contributed by atoms with E-state index in [9.17, 15) is 9.59 Å². The largest absolute Gasteiger partial charge is 0.352 e. The first-order chi connectivity index (χ1) is 15.0. The van der Waals surface area contributed by atoms with E-state index in [4.69, 9.17) is 23.8 Å². The van der Waals surface area contributed by atoms with Crippen LogP contribution in [0, 0.1) is 0 Å². The number of benzene rings is 3. The first kappa shape index (κ1) is 22.5. The summed E-state index contributed by atoms with van der Waals surface area (Å²) in [5.74, 6) is -0.473. The summed E-state index contributed by atoms with van der Waals surface area (Å²) in [7, 11) is 0. The smallest absolute Gasteiger partial charge is 0.253 e. The van der Waals surface area contributed by atoms with E-state index in [0.29, 0.717) is 22.8 Å². The van der Waals surface area contributed by atoms with Crippen LogP contribution in [0.15, 0.2) is 78.9 Å². The second kappa shape index (κ2) is 11.2. The molecule has 2 amide bonds.